The van der Waals surface area contributed by atoms with E-state index in [4.69, 9.17) is 11.6 Å². The Hall–Kier alpha value is -2.95. The number of hydrogen-bond donors (Lipinski definition) is 1. The molecule has 3 aromatic carbocycles. The van der Waals surface area contributed by atoms with Gasteiger partial charge in [-0.15, -0.1) is 0 Å². The minimum Gasteiger partial charge on any atom is -0.375 e. The number of hydrogen-bond acceptors (Lipinski definition) is 3. The smallest absolute Gasteiger partial charge is 0.264 e. The quantitative estimate of drug-likeness (QED) is 0.681. The van der Waals surface area contributed by atoms with Crippen LogP contribution in [0.2, 0.25) is 5.02 Å². The van der Waals surface area contributed by atoms with Crippen LogP contribution in [0.25, 0.3) is 0 Å². The first-order chi connectivity index (χ1) is 14.5. The van der Waals surface area contributed by atoms with Crippen molar-refractivity contribution >= 4 is 29.0 Å². The van der Waals surface area contributed by atoms with Gasteiger partial charge in [0, 0.05) is 16.1 Å². The minimum absolute atomic E-state index is 0.174. The van der Waals surface area contributed by atoms with Crippen LogP contribution in [0.1, 0.15) is 33.5 Å². The van der Waals surface area contributed by atoms with E-state index in [0.29, 0.717) is 34.7 Å². The third-order valence-electron chi connectivity index (χ3n) is 6.21. The van der Waals surface area contributed by atoms with E-state index in [1.807, 2.05) is 42.5 Å². The number of anilines is 1. The molecule has 0 radical (unpaired) electrons. The summed E-state index contributed by atoms with van der Waals surface area (Å²) in [5, 5.41) is 12.4. The van der Waals surface area contributed by atoms with Gasteiger partial charge in [0.1, 0.15) is 0 Å². The maximum atomic E-state index is 13.6. The highest BCUT2D eigenvalue weighted by atomic mass is 35.5. The summed E-state index contributed by atoms with van der Waals surface area (Å²) in [5.74, 6) is -1.45. The third-order valence-corrected chi connectivity index (χ3v) is 6.45. The Kier molecular flexibility index (Phi) is 4.49. The zero-order valence-corrected chi connectivity index (χ0v) is 17.0. The van der Waals surface area contributed by atoms with E-state index >= 15 is 0 Å². The van der Waals surface area contributed by atoms with Crippen molar-refractivity contribution in [2.45, 2.75) is 25.0 Å². The molecule has 1 aliphatic heterocycles. The summed E-state index contributed by atoms with van der Waals surface area (Å²) in [6, 6.07) is 21.9. The molecule has 5 heteroatoms. The second kappa shape index (κ2) is 7.08. The van der Waals surface area contributed by atoms with Gasteiger partial charge >= 0.3 is 0 Å². The lowest BCUT2D eigenvalue weighted by Crippen LogP contribution is -2.49. The van der Waals surface area contributed by atoms with Crippen molar-refractivity contribution in [1.82, 2.24) is 0 Å². The molecule has 2 aliphatic rings. The Morgan fingerprint density at radius 2 is 1.77 bits per heavy atom. The van der Waals surface area contributed by atoms with E-state index in [1.54, 1.807) is 35.2 Å². The van der Waals surface area contributed by atoms with Gasteiger partial charge in [-0.05, 0) is 42.2 Å². The zero-order valence-electron chi connectivity index (χ0n) is 16.2. The number of Topliss-reactive ketones (excluding diaryl/α,β-unsaturated/α-hetero) is 1. The van der Waals surface area contributed by atoms with Crippen molar-refractivity contribution in [3.8, 4) is 0 Å². The van der Waals surface area contributed by atoms with Crippen LogP contribution in [0, 0.1) is 5.92 Å². The van der Waals surface area contributed by atoms with Gasteiger partial charge < -0.3 is 10.0 Å². The fraction of sp³-hybridized carbons (Fsp3) is 0.200. The number of para-hydroxylation sites is 1. The maximum Gasteiger partial charge on any atom is 0.264 e. The molecule has 0 aromatic heterocycles. The number of aliphatic hydroxyl groups is 1. The molecule has 3 aromatic rings. The molecular formula is C25H20ClNO3. The topological polar surface area (TPSA) is 57.6 Å². The number of fused-ring (bicyclic) bond motifs is 2. The van der Waals surface area contributed by atoms with Gasteiger partial charge in [0.25, 0.3) is 5.91 Å². The Bertz CT molecular complexity index is 1170. The van der Waals surface area contributed by atoms with Gasteiger partial charge in [0.2, 0.25) is 0 Å². The molecule has 0 unspecified atom stereocenters. The first-order valence-electron chi connectivity index (χ1n) is 10.0. The molecule has 2 atom stereocenters. The molecule has 30 heavy (non-hydrogen) atoms. The van der Waals surface area contributed by atoms with Crippen molar-refractivity contribution in [2.75, 3.05) is 4.90 Å². The fourth-order valence-electron chi connectivity index (χ4n) is 4.77. The molecule has 1 heterocycles. The summed E-state index contributed by atoms with van der Waals surface area (Å²) in [5.41, 5.74) is 1.68. The second-order valence-electron chi connectivity index (χ2n) is 7.92. The summed E-state index contributed by atoms with van der Waals surface area (Å²) in [7, 11) is 0. The van der Waals surface area contributed by atoms with Crippen LogP contribution in [0.3, 0.4) is 0 Å². The van der Waals surface area contributed by atoms with Crippen LogP contribution in [0.5, 0.6) is 0 Å². The SMILES string of the molecule is O=C1c2ccccc2CC[C@H]1[C@]1(O)C(=O)N(Cc2cccc(Cl)c2)c2ccccc21. The van der Waals surface area contributed by atoms with Gasteiger partial charge in [-0.2, -0.15) is 0 Å². The van der Waals surface area contributed by atoms with E-state index in [-0.39, 0.29) is 12.3 Å². The number of aryl methyl sites for hydroxylation is 1. The predicted molar refractivity (Wildman–Crippen MR) is 116 cm³/mol. The fourth-order valence-corrected chi connectivity index (χ4v) is 4.98. The highest BCUT2D eigenvalue weighted by molar-refractivity contribution is 6.30. The summed E-state index contributed by atoms with van der Waals surface area (Å²) >= 11 is 6.11. The minimum atomic E-state index is -1.88. The number of ketones is 1. The molecule has 0 bridgehead atoms. The Morgan fingerprint density at radius 3 is 2.60 bits per heavy atom. The highest BCUT2D eigenvalue weighted by Crippen LogP contribution is 2.48. The number of carbonyl (C=O) groups is 2. The first-order valence-corrected chi connectivity index (χ1v) is 10.4. The van der Waals surface area contributed by atoms with Crippen molar-refractivity contribution in [1.29, 1.82) is 0 Å². The van der Waals surface area contributed by atoms with E-state index in [2.05, 4.69) is 0 Å². The van der Waals surface area contributed by atoms with Crippen molar-refractivity contribution in [3.05, 3.63) is 100 Å². The molecule has 5 rings (SSSR count). The van der Waals surface area contributed by atoms with Gasteiger partial charge in [-0.25, -0.2) is 0 Å². The van der Waals surface area contributed by atoms with Gasteiger partial charge in [-0.3, -0.25) is 9.59 Å². The summed E-state index contributed by atoms with van der Waals surface area (Å²) < 4.78 is 0. The molecule has 1 aliphatic carbocycles. The number of rotatable bonds is 3. The predicted octanol–water partition coefficient (Wildman–Crippen LogP) is 4.52. The Labute approximate surface area is 179 Å². The molecule has 1 amide bonds. The second-order valence-corrected chi connectivity index (χ2v) is 8.35. The average molecular weight is 418 g/mol. The van der Waals surface area contributed by atoms with Gasteiger partial charge in [0.05, 0.1) is 18.2 Å². The van der Waals surface area contributed by atoms with Crippen molar-refractivity contribution in [2.24, 2.45) is 5.92 Å². The van der Waals surface area contributed by atoms with Crippen molar-refractivity contribution in [3.63, 3.8) is 0 Å². The number of carbonyl (C=O) groups excluding carboxylic acids is 2. The number of halogens is 1. The van der Waals surface area contributed by atoms with Crippen LogP contribution in [0.4, 0.5) is 5.69 Å². The molecule has 4 nitrogen and oxygen atoms in total. The normalized spacial score (nSPS) is 22.7. The van der Waals surface area contributed by atoms with Crippen molar-refractivity contribution < 1.29 is 14.7 Å². The maximum absolute atomic E-state index is 13.6. The molecule has 0 saturated heterocycles. The molecular weight excluding hydrogens is 398 g/mol. The lowest BCUT2D eigenvalue weighted by Gasteiger charge is -2.34. The number of nitrogens with zero attached hydrogens (tertiary/aromatic N) is 1. The Morgan fingerprint density at radius 1 is 1.00 bits per heavy atom. The molecule has 0 saturated carbocycles. The molecule has 1 N–H and O–H groups in total. The van der Waals surface area contributed by atoms with E-state index < -0.39 is 17.4 Å². The van der Waals surface area contributed by atoms with Crippen LogP contribution in [0.15, 0.2) is 72.8 Å². The first kappa shape index (κ1) is 19.0. The zero-order chi connectivity index (χ0) is 20.9. The van der Waals surface area contributed by atoms with E-state index in [1.165, 1.54) is 0 Å². The molecule has 150 valence electrons. The van der Waals surface area contributed by atoms with Crippen LogP contribution >= 0.6 is 11.6 Å². The largest absolute Gasteiger partial charge is 0.375 e. The summed E-state index contributed by atoms with van der Waals surface area (Å²) in [6.07, 6.45) is 1.08. The summed E-state index contributed by atoms with van der Waals surface area (Å²) in [4.78, 5) is 28.5. The molecule has 0 spiro atoms. The summed E-state index contributed by atoms with van der Waals surface area (Å²) in [6.45, 7) is 0.274. The third kappa shape index (κ3) is 2.79. The van der Waals surface area contributed by atoms with Gasteiger partial charge in [0.15, 0.2) is 11.4 Å². The lowest BCUT2D eigenvalue weighted by atomic mass is 9.71. The van der Waals surface area contributed by atoms with E-state index in [0.717, 1.165) is 11.1 Å². The standard InChI is InChI=1S/C25H20ClNO3/c26-18-8-5-6-16(14-18)15-27-22-11-4-3-10-20(22)25(30,24(27)29)21-13-12-17-7-1-2-9-19(17)23(21)28/h1-11,14,21,30H,12-13,15H2/t21-,25+/m1/s1. The van der Waals surface area contributed by atoms with E-state index in [9.17, 15) is 14.7 Å². The molecule has 0 fully saturated rings. The van der Waals surface area contributed by atoms with Crippen LogP contribution in [-0.4, -0.2) is 16.8 Å². The van der Waals surface area contributed by atoms with Gasteiger partial charge in [-0.1, -0.05) is 66.2 Å². The number of benzene rings is 3. The number of amides is 1. The average Bonchev–Trinajstić information content (AvgIpc) is 2.97. The lowest BCUT2D eigenvalue weighted by molar-refractivity contribution is -0.140. The Balaban J connectivity index is 1.57. The highest BCUT2D eigenvalue weighted by Gasteiger charge is 2.57. The van der Waals surface area contributed by atoms with Crippen LogP contribution in [-0.2, 0) is 23.4 Å². The van der Waals surface area contributed by atoms with Crippen LogP contribution < -0.4 is 4.90 Å². The monoisotopic (exact) mass is 417 g/mol.